The van der Waals surface area contributed by atoms with Gasteiger partial charge in [-0.15, -0.1) is 0 Å². The van der Waals surface area contributed by atoms with Crippen molar-refractivity contribution in [3.63, 3.8) is 0 Å². The number of hydrogen-bond donors (Lipinski definition) is 0. The average molecular weight is 379 g/mol. The van der Waals surface area contributed by atoms with Gasteiger partial charge in [-0.3, -0.25) is 0 Å². The molecule has 0 radical (unpaired) electrons. The lowest BCUT2D eigenvalue weighted by Crippen LogP contribution is -2.55. The van der Waals surface area contributed by atoms with Crippen LogP contribution in [0, 0.1) is 0 Å². The second-order valence-corrected chi connectivity index (χ2v) is 18.1. The molecule has 0 saturated carbocycles. The third kappa shape index (κ3) is 4.24. The molecule has 0 N–H and O–H groups in total. The van der Waals surface area contributed by atoms with Gasteiger partial charge in [-0.2, -0.15) is 0 Å². The van der Waals surface area contributed by atoms with E-state index in [1.165, 1.54) is 62.7 Å². The average Bonchev–Trinajstić information content (AvgIpc) is 3.36. The topological polar surface area (TPSA) is 9.23 Å². The molecule has 0 bridgehead atoms. The van der Waals surface area contributed by atoms with Crippen LogP contribution in [-0.2, 0) is 4.12 Å². The molecule has 2 aliphatic carbocycles. The molecular weight excluding hydrogens is 336 g/mol. The molecule has 0 aromatic rings. The molecule has 144 valence electrons. The summed E-state index contributed by atoms with van der Waals surface area (Å²) in [6, 6.07) is 5.12. The Morgan fingerprint density at radius 2 is 1.12 bits per heavy atom. The highest BCUT2D eigenvalue weighted by molar-refractivity contribution is 6.89. The molecule has 0 aromatic carbocycles. The summed E-state index contributed by atoms with van der Waals surface area (Å²) in [5, 5.41) is 0. The van der Waals surface area contributed by atoms with Gasteiger partial charge in [0.2, 0.25) is 0 Å². The first kappa shape index (κ1) is 21.2. The summed E-state index contributed by atoms with van der Waals surface area (Å²) in [7, 11) is -3.47. The predicted molar refractivity (Wildman–Crippen MR) is 117 cm³/mol. The summed E-state index contributed by atoms with van der Waals surface area (Å²) in [5.41, 5.74) is 4.89. The Kier molecular flexibility index (Phi) is 7.78. The molecule has 25 heavy (non-hydrogen) atoms. The fourth-order valence-corrected chi connectivity index (χ4v) is 17.7. The van der Waals surface area contributed by atoms with E-state index in [9.17, 15) is 0 Å². The van der Waals surface area contributed by atoms with Crippen molar-refractivity contribution in [1.82, 2.24) is 0 Å². The van der Waals surface area contributed by atoms with E-state index in [0.29, 0.717) is 11.1 Å². The Balaban J connectivity index is 2.32. The normalized spacial score (nSPS) is 21.2. The maximum absolute atomic E-state index is 7.57. The van der Waals surface area contributed by atoms with Crippen LogP contribution in [0.1, 0.15) is 80.1 Å². The molecule has 1 nitrogen and oxygen atoms in total. The first-order valence-electron chi connectivity index (χ1n) is 11.1. The monoisotopic (exact) mass is 378 g/mol. The molecule has 2 unspecified atom stereocenters. The van der Waals surface area contributed by atoms with E-state index in [0.717, 1.165) is 0 Å². The van der Waals surface area contributed by atoms with Crippen LogP contribution in [0.2, 0.25) is 35.3 Å². The van der Waals surface area contributed by atoms with Gasteiger partial charge in [0, 0.05) is 0 Å². The number of hydrogen-bond acceptors (Lipinski definition) is 1. The lowest BCUT2D eigenvalue weighted by Gasteiger charge is -2.47. The van der Waals surface area contributed by atoms with Crippen molar-refractivity contribution >= 4 is 16.6 Å². The second kappa shape index (κ2) is 9.19. The van der Waals surface area contributed by atoms with Crippen LogP contribution in [0.5, 0.6) is 0 Å². The molecule has 0 aliphatic heterocycles. The fraction of sp³-hybridized carbons (Fsp3) is 0.818. The van der Waals surface area contributed by atoms with E-state index in [1.807, 2.05) is 0 Å². The van der Waals surface area contributed by atoms with Crippen molar-refractivity contribution in [3.05, 3.63) is 23.3 Å². The van der Waals surface area contributed by atoms with Crippen LogP contribution in [0.3, 0.4) is 0 Å². The van der Waals surface area contributed by atoms with Gasteiger partial charge in [-0.25, -0.2) is 0 Å². The molecule has 2 atom stereocenters. The minimum Gasteiger partial charge on any atom is -0.454 e. The molecule has 2 rings (SSSR count). The largest absolute Gasteiger partial charge is 0.454 e. The standard InChI is InChI=1S/C22H42OSi2/c1-7-24(8-2,19(5)21-15-11-12-16-21)23-25(9-3,10-4)20(6)22-17-13-14-18-22/h15,17,19-20H,7-14,16,18H2,1-6H3. The summed E-state index contributed by atoms with van der Waals surface area (Å²) in [4.78, 5) is 0. The zero-order chi connectivity index (χ0) is 18.5. The van der Waals surface area contributed by atoms with E-state index >= 15 is 0 Å². The van der Waals surface area contributed by atoms with Crippen LogP contribution in [0.25, 0.3) is 0 Å². The van der Waals surface area contributed by atoms with E-state index in [-0.39, 0.29) is 0 Å². The van der Waals surface area contributed by atoms with Gasteiger partial charge in [0.15, 0.2) is 16.6 Å². The summed E-state index contributed by atoms with van der Waals surface area (Å²) in [6.07, 6.45) is 13.1. The van der Waals surface area contributed by atoms with Crippen LogP contribution in [0.4, 0.5) is 0 Å². The quantitative estimate of drug-likeness (QED) is 0.276. The maximum atomic E-state index is 7.57. The van der Waals surface area contributed by atoms with Gasteiger partial charge < -0.3 is 4.12 Å². The van der Waals surface area contributed by atoms with Gasteiger partial charge in [-0.05, 0) is 73.8 Å². The van der Waals surface area contributed by atoms with Gasteiger partial charge in [0.1, 0.15) is 0 Å². The Morgan fingerprint density at radius 1 is 0.760 bits per heavy atom. The lowest BCUT2D eigenvalue weighted by molar-refractivity contribution is 0.483. The summed E-state index contributed by atoms with van der Waals surface area (Å²) < 4.78 is 7.57. The third-order valence-corrected chi connectivity index (χ3v) is 19.6. The van der Waals surface area contributed by atoms with Crippen molar-refractivity contribution in [2.75, 3.05) is 0 Å². The van der Waals surface area contributed by atoms with Gasteiger partial charge in [0.25, 0.3) is 0 Å². The third-order valence-electron chi connectivity index (χ3n) is 7.64. The van der Waals surface area contributed by atoms with E-state index in [1.54, 1.807) is 11.1 Å². The zero-order valence-electron chi connectivity index (χ0n) is 17.8. The fourth-order valence-electron chi connectivity index (χ4n) is 5.45. The van der Waals surface area contributed by atoms with Crippen molar-refractivity contribution in [2.45, 2.75) is 115 Å². The zero-order valence-corrected chi connectivity index (χ0v) is 19.8. The molecule has 0 spiro atoms. The second-order valence-electron chi connectivity index (χ2n) is 8.43. The molecular formula is C22H42OSi2. The first-order chi connectivity index (χ1) is 12.0. The minimum absolute atomic E-state index is 0.708. The SMILES string of the molecule is CC[Si](CC)(O[Si](CC)(CC)C(C)C1=CCCC1)C(C)C1=CCCC1. The van der Waals surface area contributed by atoms with Crippen LogP contribution >= 0.6 is 0 Å². The van der Waals surface area contributed by atoms with Gasteiger partial charge in [-0.1, -0.05) is 64.8 Å². The van der Waals surface area contributed by atoms with E-state index < -0.39 is 16.6 Å². The molecule has 2 aliphatic rings. The molecule has 0 heterocycles. The Hall–Kier alpha value is -0.126. The molecule has 3 heteroatoms. The first-order valence-corrected chi connectivity index (χ1v) is 15.9. The van der Waals surface area contributed by atoms with Crippen LogP contribution < -0.4 is 0 Å². The highest BCUT2D eigenvalue weighted by Crippen LogP contribution is 2.47. The lowest BCUT2D eigenvalue weighted by atomic mass is 10.2. The Bertz CT molecular complexity index is 442. The summed E-state index contributed by atoms with van der Waals surface area (Å²) in [5.74, 6) is 0. The highest BCUT2D eigenvalue weighted by Gasteiger charge is 2.49. The van der Waals surface area contributed by atoms with Crippen molar-refractivity contribution in [3.8, 4) is 0 Å². The molecule has 0 aromatic heterocycles. The van der Waals surface area contributed by atoms with Gasteiger partial charge in [0.05, 0.1) is 0 Å². The number of rotatable bonds is 10. The molecule has 0 saturated heterocycles. The summed E-state index contributed by atoms with van der Waals surface area (Å²) in [6.45, 7) is 14.7. The molecule has 0 amide bonds. The highest BCUT2D eigenvalue weighted by atomic mass is 28.4. The number of allylic oxidation sites excluding steroid dienone is 4. The minimum atomic E-state index is -1.74. The van der Waals surface area contributed by atoms with Crippen molar-refractivity contribution in [1.29, 1.82) is 0 Å². The van der Waals surface area contributed by atoms with Gasteiger partial charge >= 0.3 is 0 Å². The smallest absolute Gasteiger partial charge is 0.186 e. The van der Waals surface area contributed by atoms with E-state index in [4.69, 9.17) is 4.12 Å². The van der Waals surface area contributed by atoms with E-state index in [2.05, 4.69) is 53.7 Å². The maximum Gasteiger partial charge on any atom is 0.186 e. The summed E-state index contributed by atoms with van der Waals surface area (Å²) >= 11 is 0. The van der Waals surface area contributed by atoms with Crippen LogP contribution in [-0.4, -0.2) is 16.6 Å². The van der Waals surface area contributed by atoms with Crippen molar-refractivity contribution in [2.24, 2.45) is 0 Å². The van der Waals surface area contributed by atoms with Crippen molar-refractivity contribution < 1.29 is 4.12 Å². The Morgan fingerprint density at radius 3 is 1.36 bits per heavy atom. The Labute approximate surface area is 159 Å². The predicted octanol–water partition coefficient (Wildman–Crippen LogP) is 7.97. The van der Waals surface area contributed by atoms with Crippen LogP contribution in [0.15, 0.2) is 23.3 Å². The molecule has 0 fully saturated rings.